The van der Waals surface area contributed by atoms with Crippen molar-refractivity contribution in [3.05, 3.63) is 301 Å². The van der Waals surface area contributed by atoms with Gasteiger partial charge in [0.05, 0.1) is 5.41 Å². The van der Waals surface area contributed by atoms with E-state index < -0.39 is 5.41 Å². The lowest BCUT2D eigenvalue weighted by molar-refractivity contribution is 0.793. The maximum atomic E-state index is 2.46. The van der Waals surface area contributed by atoms with Crippen LogP contribution in [0, 0.1) is 0 Å². The Morgan fingerprint density at radius 1 is 0.188 bits per heavy atom. The summed E-state index contributed by atoms with van der Waals surface area (Å²) in [7, 11) is 0. The van der Waals surface area contributed by atoms with Gasteiger partial charge in [-0.15, -0.1) is 0 Å². The molecule has 0 bridgehead atoms. The van der Waals surface area contributed by atoms with Gasteiger partial charge in [-0.05, 0) is 157 Å². The third-order valence-corrected chi connectivity index (χ3v) is 14.3. The Labute approximate surface area is 404 Å². The molecule has 0 aliphatic heterocycles. The van der Waals surface area contributed by atoms with E-state index >= 15 is 0 Å². The Morgan fingerprint density at radius 2 is 0.493 bits per heavy atom. The van der Waals surface area contributed by atoms with Gasteiger partial charge >= 0.3 is 0 Å². The van der Waals surface area contributed by atoms with E-state index in [1.54, 1.807) is 0 Å². The van der Waals surface area contributed by atoms with Crippen LogP contribution < -0.4 is 9.80 Å². The number of anilines is 6. The first-order valence-electron chi connectivity index (χ1n) is 23.8. The summed E-state index contributed by atoms with van der Waals surface area (Å²) in [5.74, 6) is 0. The highest BCUT2D eigenvalue weighted by Gasteiger charge is 2.51. The number of nitrogens with zero attached hydrogens (tertiary/aromatic N) is 2. The summed E-state index contributed by atoms with van der Waals surface area (Å²) < 4.78 is 0. The summed E-state index contributed by atoms with van der Waals surface area (Å²) in [6, 6.07) is 102. The Balaban J connectivity index is 0.834. The fraction of sp³-hybridized carbons (Fsp3) is 0.0149. The number of rotatable bonds is 9. The largest absolute Gasteiger partial charge is 0.311 e. The average molecular weight is 879 g/mol. The zero-order valence-corrected chi connectivity index (χ0v) is 38.0. The number of para-hydroxylation sites is 2. The molecule has 13 rings (SSSR count). The Morgan fingerprint density at radius 3 is 0.942 bits per heavy atom. The van der Waals surface area contributed by atoms with E-state index in [-0.39, 0.29) is 0 Å². The third kappa shape index (κ3) is 6.72. The van der Waals surface area contributed by atoms with Crippen molar-refractivity contribution in [1.82, 2.24) is 0 Å². The van der Waals surface area contributed by atoms with Gasteiger partial charge in [0.25, 0.3) is 0 Å². The molecule has 324 valence electrons. The maximum absolute atomic E-state index is 2.46. The average Bonchev–Trinajstić information content (AvgIpc) is 3.90. The SMILES string of the molecule is c1ccc(-c2ccc(N(c3ccccc3)c3ccc(-c4cccc(-c5ccc(N(c6ccccc6)c6ccc7c(c6)C6(c8ccccc8-c8ccccc86)c6ccccc6-7)cc5)c4)cc3)cc2)cc1. The second-order valence-electron chi connectivity index (χ2n) is 18.0. The van der Waals surface area contributed by atoms with Gasteiger partial charge in [-0.2, -0.15) is 0 Å². The van der Waals surface area contributed by atoms with Gasteiger partial charge in [-0.3, -0.25) is 0 Å². The summed E-state index contributed by atoms with van der Waals surface area (Å²) in [6.07, 6.45) is 0. The maximum Gasteiger partial charge on any atom is 0.0726 e. The molecule has 2 heteroatoms. The van der Waals surface area contributed by atoms with Crippen LogP contribution >= 0.6 is 0 Å². The van der Waals surface area contributed by atoms with Crippen molar-refractivity contribution in [1.29, 1.82) is 0 Å². The topological polar surface area (TPSA) is 6.48 Å². The molecule has 0 saturated carbocycles. The number of fused-ring (bicyclic) bond motifs is 10. The van der Waals surface area contributed by atoms with E-state index in [2.05, 4.69) is 289 Å². The first kappa shape index (κ1) is 40.3. The molecule has 2 aliphatic rings. The molecule has 69 heavy (non-hydrogen) atoms. The predicted octanol–water partition coefficient (Wildman–Crippen LogP) is 18.0. The molecule has 0 N–H and O–H groups in total. The molecule has 11 aromatic carbocycles. The van der Waals surface area contributed by atoms with Gasteiger partial charge in [-0.25, -0.2) is 0 Å². The van der Waals surface area contributed by atoms with E-state index in [0.29, 0.717) is 0 Å². The lowest BCUT2D eigenvalue weighted by Gasteiger charge is -2.32. The summed E-state index contributed by atoms with van der Waals surface area (Å²) in [4.78, 5) is 4.73. The van der Waals surface area contributed by atoms with E-state index in [1.807, 2.05) is 0 Å². The van der Waals surface area contributed by atoms with Crippen molar-refractivity contribution in [2.24, 2.45) is 0 Å². The normalized spacial score (nSPS) is 12.5. The van der Waals surface area contributed by atoms with Gasteiger partial charge in [0.2, 0.25) is 0 Å². The Bertz CT molecular complexity index is 3570. The van der Waals surface area contributed by atoms with Gasteiger partial charge in [-0.1, -0.05) is 200 Å². The molecule has 0 amide bonds. The molecule has 0 unspecified atom stereocenters. The summed E-state index contributed by atoms with van der Waals surface area (Å²) >= 11 is 0. The minimum absolute atomic E-state index is 0.414. The zero-order valence-electron chi connectivity index (χ0n) is 38.0. The Hall–Kier alpha value is -8.98. The van der Waals surface area contributed by atoms with Gasteiger partial charge in [0.15, 0.2) is 0 Å². The quantitative estimate of drug-likeness (QED) is 0.143. The summed E-state index contributed by atoms with van der Waals surface area (Å²) in [6.45, 7) is 0. The molecule has 0 atom stereocenters. The van der Waals surface area contributed by atoms with Crippen molar-refractivity contribution in [2.75, 3.05) is 9.80 Å². The minimum Gasteiger partial charge on any atom is -0.311 e. The van der Waals surface area contributed by atoms with Crippen molar-refractivity contribution in [3.8, 4) is 55.6 Å². The van der Waals surface area contributed by atoms with Crippen LogP contribution in [-0.2, 0) is 5.41 Å². The van der Waals surface area contributed by atoms with Crippen molar-refractivity contribution >= 4 is 34.1 Å². The predicted molar refractivity (Wildman–Crippen MR) is 288 cm³/mol. The number of hydrogen-bond acceptors (Lipinski definition) is 2. The number of benzene rings is 11. The summed E-state index contributed by atoms with van der Waals surface area (Å²) in [5.41, 5.74) is 24.0. The molecule has 11 aromatic rings. The molecule has 0 fully saturated rings. The molecule has 0 saturated heterocycles. The smallest absolute Gasteiger partial charge is 0.0726 e. The first-order valence-corrected chi connectivity index (χ1v) is 23.8. The van der Waals surface area contributed by atoms with Crippen molar-refractivity contribution in [3.63, 3.8) is 0 Å². The third-order valence-electron chi connectivity index (χ3n) is 14.3. The van der Waals surface area contributed by atoms with Gasteiger partial charge in [0, 0.05) is 34.1 Å². The molecule has 1 spiro atoms. The molecule has 2 aliphatic carbocycles. The standard InChI is InChI=1S/C67H46N2/c1-4-17-47(18-5-1)48-31-37-55(38-32-48)68(53-21-6-2-7-22-53)56-39-33-49(34-40-56)51-19-16-20-52(45-51)50-35-41-57(42-36-50)69(54-23-8-3-9-24-54)58-43-44-62-61-27-12-15-30-65(61)67(66(62)46-58)63-28-13-10-25-59(63)60-26-11-14-29-64(60)67/h1-46H. The highest BCUT2D eigenvalue weighted by molar-refractivity contribution is 5.96. The fourth-order valence-electron chi connectivity index (χ4n) is 11.2. The molecule has 2 nitrogen and oxygen atoms in total. The minimum atomic E-state index is -0.414. The second-order valence-corrected chi connectivity index (χ2v) is 18.0. The highest BCUT2D eigenvalue weighted by Crippen LogP contribution is 2.63. The first-order chi connectivity index (χ1) is 34.2. The van der Waals surface area contributed by atoms with Crippen LogP contribution in [0.3, 0.4) is 0 Å². The van der Waals surface area contributed by atoms with Crippen LogP contribution in [0.4, 0.5) is 34.1 Å². The highest BCUT2D eigenvalue weighted by atomic mass is 15.1. The molecular formula is C67H46N2. The van der Waals surface area contributed by atoms with E-state index in [1.165, 1.54) is 77.9 Å². The van der Waals surface area contributed by atoms with E-state index in [9.17, 15) is 0 Å². The molecular weight excluding hydrogens is 833 g/mol. The summed E-state index contributed by atoms with van der Waals surface area (Å²) in [5, 5.41) is 0. The zero-order chi connectivity index (χ0) is 45.7. The lowest BCUT2D eigenvalue weighted by Crippen LogP contribution is -2.26. The fourth-order valence-corrected chi connectivity index (χ4v) is 11.2. The molecule has 0 aromatic heterocycles. The van der Waals surface area contributed by atoms with E-state index in [4.69, 9.17) is 0 Å². The van der Waals surface area contributed by atoms with Crippen LogP contribution in [0.25, 0.3) is 55.6 Å². The number of hydrogen-bond donors (Lipinski definition) is 0. The van der Waals surface area contributed by atoms with Crippen molar-refractivity contribution < 1.29 is 0 Å². The van der Waals surface area contributed by atoms with Crippen LogP contribution in [-0.4, -0.2) is 0 Å². The van der Waals surface area contributed by atoms with E-state index in [0.717, 1.165) is 34.1 Å². The molecule has 0 heterocycles. The van der Waals surface area contributed by atoms with Gasteiger partial charge in [0.1, 0.15) is 0 Å². The second kappa shape index (κ2) is 16.7. The molecule has 0 radical (unpaired) electrons. The van der Waals surface area contributed by atoms with Crippen molar-refractivity contribution in [2.45, 2.75) is 5.41 Å². The monoisotopic (exact) mass is 878 g/mol. The van der Waals surface area contributed by atoms with Crippen LogP contribution in [0.2, 0.25) is 0 Å². The van der Waals surface area contributed by atoms with Crippen LogP contribution in [0.15, 0.2) is 279 Å². The van der Waals surface area contributed by atoms with Gasteiger partial charge < -0.3 is 9.80 Å². The lowest BCUT2D eigenvalue weighted by atomic mass is 9.70. The van der Waals surface area contributed by atoms with Crippen LogP contribution in [0.5, 0.6) is 0 Å². The van der Waals surface area contributed by atoms with Crippen LogP contribution in [0.1, 0.15) is 22.3 Å². The Kier molecular flexibility index (Phi) is 9.77.